The van der Waals surface area contributed by atoms with Gasteiger partial charge in [0.05, 0.1) is 0 Å². The molecule has 0 unspecified atom stereocenters. The van der Waals surface area contributed by atoms with Gasteiger partial charge in [-0.05, 0) is 43.2 Å². The molecule has 2 aliphatic rings. The molecule has 1 aromatic carbocycles. The molecule has 0 bridgehead atoms. The van der Waals surface area contributed by atoms with Gasteiger partial charge < -0.3 is 4.74 Å². The number of allylic oxidation sites excluding steroid dienone is 3. The van der Waals surface area contributed by atoms with Crippen LogP contribution in [0.3, 0.4) is 0 Å². The molecule has 2 heteroatoms. The molecule has 1 heterocycles. The highest BCUT2D eigenvalue weighted by Crippen LogP contribution is 2.35. The topological polar surface area (TPSA) is 21.6 Å². The first-order chi connectivity index (χ1) is 7.33. The number of hydrogen-bond donors (Lipinski definition) is 0. The summed E-state index contributed by atoms with van der Waals surface area (Å²) in [7, 11) is 0. The van der Waals surface area contributed by atoms with E-state index in [0.29, 0.717) is 0 Å². The molecule has 0 aromatic heterocycles. The van der Waals surface area contributed by atoms with E-state index < -0.39 is 0 Å². The van der Waals surface area contributed by atoms with Crippen LogP contribution in [0.2, 0.25) is 0 Å². The zero-order chi connectivity index (χ0) is 10.3. The van der Waals surface area contributed by atoms with Gasteiger partial charge in [-0.25, -0.2) is 4.99 Å². The lowest BCUT2D eigenvalue weighted by Crippen LogP contribution is -2.12. The largest absolute Gasteiger partial charge is 0.453 e. The third-order valence-corrected chi connectivity index (χ3v) is 2.54. The molecule has 0 spiro atoms. The van der Waals surface area contributed by atoms with Crippen molar-refractivity contribution in [2.75, 3.05) is 0 Å². The summed E-state index contributed by atoms with van der Waals surface area (Å²) >= 11 is 0. The van der Waals surface area contributed by atoms with E-state index >= 15 is 0 Å². The van der Waals surface area contributed by atoms with Gasteiger partial charge in [0.1, 0.15) is 17.2 Å². The summed E-state index contributed by atoms with van der Waals surface area (Å²) in [5.74, 6) is 1.74. The summed E-state index contributed by atoms with van der Waals surface area (Å²) in [6.45, 7) is 2.06. The molecule has 0 radical (unpaired) electrons. The molecule has 0 amide bonds. The molecule has 3 rings (SSSR count). The minimum atomic E-state index is 0.853. The molecule has 1 aliphatic carbocycles. The Balaban J connectivity index is 2.16. The van der Waals surface area contributed by atoms with Gasteiger partial charge in [0, 0.05) is 0 Å². The minimum Gasteiger partial charge on any atom is -0.453 e. The molecule has 74 valence electrons. The van der Waals surface area contributed by atoms with E-state index in [1.165, 1.54) is 5.56 Å². The predicted molar refractivity (Wildman–Crippen MR) is 60.7 cm³/mol. The second-order valence-electron chi connectivity index (χ2n) is 3.78. The molecule has 0 saturated carbocycles. The van der Waals surface area contributed by atoms with Crippen molar-refractivity contribution in [1.29, 1.82) is 0 Å². The number of hydrogen-bond acceptors (Lipinski definition) is 2. The van der Waals surface area contributed by atoms with E-state index in [-0.39, 0.29) is 0 Å². The van der Waals surface area contributed by atoms with Gasteiger partial charge in [-0.1, -0.05) is 12.1 Å². The summed E-state index contributed by atoms with van der Waals surface area (Å²) in [5, 5.41) is 0. The normalized spacial score (nSPS) is 17.1. The Labute approximate surface area is 88.6 Å². The molecule has 1 aromatic rings. The standard InChI is InChI=1S/C13H11NO/c1-9-6-7-13-11(8-9)14-10-4-2-3-5-12(10)15-13/h2,4-8H,3H2,1H3. The van der Waals surface area contributed by atoms with Crippen LogP contribution in [0.1, 0.15) is 12.0 Å². The minimum absolute atomic E-state index is 0.853. The van der Waals surface area contributed by atoms with Gasteiger partial charge in [0.2, 0.25) is 0 Å². The van der Waals surface area contributed by atoms with Gasteiger partial charge in [0.25, 0.3) is 0 Å². The maximum atomic E-state index is 5.77. The van der Waals surface area contributed by atoms with Crippen LogP contribution in [0, 0.1) is 6.92 Å². The summed E-state index contributed by atoms with van der Waals surface area (Å²) < 4.78 is 5.77. The molecule has 0 saturated heterocycles. The molecular weight excluding hydrogens is 186 g/mol. The summed E-state index contributed by atoms with van der Waals surface area (Å²) in [5.41, 5.74) is 3.06. The summed E-state index contributed by atoms with van der Waals surface area (Å²) in [4.78, 5) is 4.56. The first-order valence-electron chi connectivity index (χ1n) is 5.07. The van der Waals surface area contributed by atoms with Crippen molar-refractivity contribution in [1.82, 2.24) is 0 Å². The Bertz CT molecular complexity index is 509. The predicted octanol–water partition coefficient (Wildman–Crippen LogP) is 3.30. The van der Waals surface area contributed by atoms with Crippen LogP contribution in [-0.2, 0) is 0 Å². The number of ether oxygens (including phenoxy) is 1. The maximum absolute atomic E-state index is 5.77. The van der Waals surface area contributed by atoms with Crippen LogP contribution in [0.25, 0.3) is 0 Å². The van der Waals surface area contributed by atoms with E-state index in [1.54, 1.807) is 0 Å². The van der Waals surface area contributed by atoms with Crippen LogP contribution in [0.15, 0.2) is 47.2 Å². The van der Waals surface area contributed by atoms with E-state index in [0.717, 1.165) is 29.3 Å². The van der Waals surface area contributed by atoms with Crippen molar-refractivity contribution in [3.05, 3.63) is 47.7 Å². The van der Waals surface area contributed by atoms with E-state index in [1.807, 2.05) is 24.3 Å². The van der Waals surface area contributed by atoms with Crippen LogP contribution >= 0.6 is 0 Å². The van der Waals surface area contributed by atoms with Gasteiger partial charge in [-0.3, -0.25) is 0 Å². The Hall–Kier alpha value is -1.83. The smallest absolute Gasteiger partial charge is 0.153 e. The van der Waals surface area contributed by atoms with Crippen molar-refractivity contribution in [2.24, 2.45) is 4.99 Å². The lowest BCUT2D eigenvalue weighted by Gasteiger charge is -2.19. The number of fused-ring (bicyclic) bond motifs is 2. The van der Waals surface area contributed by atoms with E-state index in [9.17, 15) is 0 Å². The molecule has 0 fully saturated rings. The molecule has 0 N–H and O–H groups in total. The molecular formula is C13H11NO. The zero-order valence-electron chi connectivity index (χ0n) is 8.53. The summed E-state index contributed by atoms with van der Waals surface area (Å²) in [6.07, 6.45) is 7.09. The third kappa shape index (κ3) is 1.38. The van der Waals surface area contributed by atoms with E-state index in [2.05, 4.69) is 24.1 Å². The van der Waals surface area contributed by atoms with Gasteiger partial charge >= 0.3 is 0 Å². The Morgan fingerprint density at radius 3 is 3.20 bits per heavy atom. The van der Waals surface area contributed by atoms with Gasteiger partial charge in [-0.15, -0.1) is 0 Å². The fourth-order valence-corrected chi connectivity index (χ4v) is 1.78. The number of benzene rings is 1. The Morgan fingerprint density at radius 2 is 2.27 bits per heavy atom. The number of rotatable bonds is 0. The number of aliphatic imine (C=N–C) groups is 1. The van der Waals surface area contributed by atoms with Crippen LogP contribution in [0.5, 0.6) is 5.75 Å². The van der Waals surface area contributed by atoms with Crippen molar-refractivity contribution in [3.63, 3.8) is 0 Å². The highest BCUT2D eigenvalue weighted by atomic mass is 16.5. The van der Waals surface area contributed by atoms with Crippen molar-refractivity contribution >= 4 is 11.4 Å². The lowest BCUT2D eigenvalue weighted by atomic mass is 10.1. The third-order valence-electron chi connectivity index (χ3n) is 2.54. The second kappa shape index (κ2) is 3.09. The van der Waals surface area contributed by atoms with Crippen molar-refractivity contribution in [2.45, 2.75) is 13.3 Å². The second-order valence-corrected chi connectivity index (χ2v) is 3.78. The highest BCUT2D eigenvalue weighted by Gasteiger charge is 2.17. The monoisotopic (exact) mass is 197 g/mol. The van der Waals surface area contributed by atoms with E-state index in [4.69, 9.17) is 4.74 Å². The molecule has 15 heavy (non-hydrogen) atoms. The number of nitrogens with zero attached hydrogens (tertiary/aromatic N) is 1. The SMILES string of the molecule is Cc1ccc2c(c1)N=C1C=CCC=C1O2. The number of aryl methyl sites for hydroxylation is 1. The molecule has 0 atom stereocenters. The lowest BCUT2D eigenvalue weighted by molar-refractivity contribution is 0.448. The molecule has 2 nitrogen and oxygen atoms in total. The van der Waals surface area contributed by atoms with Crippen LogP contribution in [0.4, 0.5) is 5.69 Å². The average Bonchev–Trinajstić information content (AvgIpc) is 2.26. The zero-order valence-corrected chi connectivity index (χ0v) is 8.53. The van der Waals surface area contributed by atoms with Gasteiger partial charge in [0.15, 0.2) is 5.75 Å². The van der Waals surface area contributed by atoms with Crippen LogP contribution in [-0.4, -0.2) is 5.71 Å². The van der Waals surface area contributed by atoms with Crippen LogP contribution < -0.4 is 4.74 Å². The first-order valence-corrected chi connectivity index (χ1v) is 5.07. The van der Waals surface area contributed by atoms with Crippen molar-refractivity contribution in [3.8, 4) is 5.75 Å². The molecule has 1 aliphatic heterocycles. The van der Waals surface area contributed by atoms with Crippen molar-refractivity contribution < 1.29 is 4.74 Å². The average molecular weight is 197 g/mol. The quantitative estimate of drug-likeness (QED) is 0.625. The highest BCUT2D eigenvalue weighted by molar-refractivity contribution is 6.10. The maximum Gasteiger partial charge on any atom is 0.153 e. The Kier molecular flexibility index (Phi) is 1.75. The van der Waals surface area contributed by atoms with Gasteiger partial charge in [-0.2, -0.15) is 0 Å². The fraction of sp³-hybridized carbons (Fsp3) is 0.154. The summed E-state index contributed by atoms with van der Waals surface area (Å²) in [6, 6.07) is 6.06. The fourth-order valence-electron chi connectivity index (χ4n) is 1.78. The first kappa shape index (κ1) is 8.48. The Morgan fingerprint density at radius 1 is 1.33 bits per heavy atom.